The first-order valence-corrected chi connectivity index (χ1v) is 5.65. The lowest BCUT2D eigenvalue weighted by Gasteiger charge is -2.13. The first kappa shape index (κ1) is 12.2. The Morgan fingerprint density at radius 2 is 1.87 bits per heavy atom. The third-order valence-corrected chi connectivity index (χ3v) is 2.63. The molecule has 0 aromatic heterocycles. The zero-order valence-electron chi connectivity index (χ0n) is 9.54. The van der Waals surface area contributed by atoms with Crippen LogP contribution in [0, 0.1) is 5.82 Å². The molecule has 0 heterocycles. The quantitative estimate of drug-likeness (QED) is 0.545. The number of rotatable bonds is 2. The predicted octanol–water partition coefficient (Wildman–Crippen LogP) is 4.08. The van der Waals surface area contributed by atoms with E-state index in [9.17, 15) is 4.39 Å². The van der Waals surface area contributed by atoms with Crippen molar-refractivity contribution in [2.75, 3.05) is 0 Å². The number of halogens is 1. The summed E-state index contributed by atoms with van der Waals surface area (Å²) in [6.45, 7) is 8.07. The maximum absolute atomic E-state index is 13.4. The molecule has 0 saturated carbocycles. The van der Waals surface area contributed by atoms with Gasteiger partial charge >= 0.3 is 0 Å². The van der Waals surface area contributed by atoms with Crippen molar-refractivity contribution in [2.45, 2.75) is 32.4 Å². The maximum Gasteiger partial charge on any atom is 0.132 e. The molecule has 0 aliphatic carbocycles. The number of hydrogen-bond acceptors (Lipinski definition) is 2. The highest BCUT2D eigenvalue weighted by Crippen LogP contribution is 2.25. The second-order valence-corrected chi connectivity index (χ2v) is 5.95. The summed E-state index contributed by atoms with van der Waals surface area (Å²) >= 11 is 1.47. The van der Waals surface area contributed by atoms with Gasteiger partial charge in [0.15, 0.2) is 0 Å². The van der Waals surface area contributed by atoms with Gasteiger partial charge in [0.05, 0.1) is 5.71 Å². The zero-order chi connectivity index (χ0) is 11.5. The predicted molar refractivity (Wildman–Crippen MR) is 66.0 cm³/mol. The van der Waals surface area contributed by atoms with E-state index >= 15 is 0 Å². The molecule has 1 nitrogen and oxygen atoms in total. The van der Waals surface area contributed by atoms with E-state index in [2.05, 4.69) is 25.2 Å². The molecule has 0 aliphatic rings. The van der Waals surface area contributed by atoms with E-state index in [1.807, 2.05) is 13.0 Å². The van der Waals surface area contributed by atoms with Crippen molar-refractivity contribution >= 4 is 17.7 Å². The van der Waals surface area contributed by atoms with Crippen LogP contribution in [0.5, 0.6) is 0 Å². The molecule has 0 radical (unpaired) electrons. The van der Waals surface area contributed by atoms with Crippen LogP contribution in [0.1, 0.15) is 33.3 Å². The van der Waals surface area contributed by atoms with Gasteiger partial charge in [-0.05, 0) is 45.7 Å². The second-order valence-electron chi connectivity index (χ2n) is 4.36. The fourth-order valence-electron chi connectivity index (χ4n) is 1.01. The highest BCUT2D eigenvalue weighted by molar-refractivity contribution is 7.99. The van der Waals surface area contributed by atoms with Crippen molar-refractivity contribution in [3.05, 3.63) is 35.6 Å². The summed E-state index contributed by atoms with van der Waals surface area (Å²) in [7, 11) is 0. The van der Waals surface area contributed by atoms with Crippen molar-refractivity contribution in [1.29, 1.82) is 0 Å². The summed E-state index contributed by atoms with van der Waals surface area (Å²) in [6.07, 6.45) is 0. The van der Waals surface area contributed by atoms with Crippen molar-refractivity contribution in [2.24, 2.45) is 4.40 Å². The minimum absolute atomic E-state index is 0.0620. The molecule has 82 valence electrons. The van der Waals surface area contributed by atoms with Crippen LogP contribution in [-0.2, 0) is 0 Å². The van der Waals surface area contributed by atoms with Crippen LogP contribution >= 0.6 is 11.9 Å². The average Bonchev–Trinajstić information content (AvgIpc) is 2.14. The van der Waals surface area contributed by atoms with Gasteiger partial charge in [-0.25, -0.2) is 8.79 Å². The van der Waals surface area contributed by atoms with Crippen LogP contribution in [0.25, 0.3) is 0 Å². The SMILES string of the molecule is CC(=NSC(C)(C)C)c1ccccc1F. The molecule has 0 spiro atoms. The molecular weight excluding hydrogens is 209 g/mol. The molecule has 1 aromatic rings. The molecule has 0 N–H and O–H groups in total. The summed E-state index contributed by atoms with van der Waals surface area (Å²) in [4.78, 5) is 0. The van der Waals surface area contributed by atoms with Gasteiger partial charge in [-0.1, -0.05) is 18.2 Å². The van der Waals surface area contributed by atoms with Crippen LogP contribution < -0.4 is 0 Å². The van der Waals surface area contributed by atoms with Gasteiger partial charge in [0.1, 0.15) is 5.82 Å². The topological polar surface area (TPSA) is 12.4 Å². The highest BCUT2D eigenvalue weighted by Gasteiger charge is 2.11. The Kier molecular flexibility index (Phi) is 3.91. The van der Waals surface area contributed by atoms with Crippen molar-refractivity contribution in [3.63, 3.8) is 0 Å². The molecule has 0 fully saturated rings. The molecule has 15 heavy (non-hydrogen) atoms. The molecule has 1 aromatic carbocycles. The Bertz CT molecular complexity index is 366. The maximum atomic E-state index is 13.4. The Labute approximate surface area is 94.9 Å². The molecule has 1 rings (SSSR count). The van der Waals surface area contributed by atoms with Crippen LogP contribution in [0.2, 0.25) is 0 Å². The fraction of sp³-hybridized carbons (Fsp3) is 0.417. The van der Waals surface area contributed by atoms with Crippen molar-refractivity contribution in [1.82, 2.24) is 0 Å². The van der Waals surface area contributed by atoms with Crippen molar-refractivity contribution < 1.29 is 4.39 Å². The summed E-state index contributed by atoms with van der Waals surface area (Å²) < 4.78 is 17.8. The van der Waals surface area contributed by atoms with E-state index in [1.54, 1.807) is 12.1 Å². The second kappa shape index (κ2) is 4.79. The zero-order valence-corrected chi connectivity index (χ0v) is 10.4. The third kappa shape index (κ3) is 4.04. The molecule has 0 amide bonds. The Morgan fingerprint density at radius 1 is 1.27 bits per heavy atom. The van der Waals surface area contributed by atoms with Gasteiger partial charge in [0, 0.05) is 10.3 Å². The van der Waals surface area contributed by atoms with E-state index < -0.39 is 0 Å². The van der Waals surface area contributed by atoms with Crippen LogP contribution in [0.15, 0.2) is 28.7 Å². The first-order valence-electron chi connectivity index (χ1n) is 4.88. The van der Waals surface area contributed by atoms with Crippen LogP contribution in [0.3, 0.4) is 0 Å². The van der Waals surface area contributed by atoms with E-state index in [-0.39, 0.29) is 10.6 Å². The van der Waals surface area contributed by atoms with Crippen LogP contribution in [0.4, 0.5) is 4.39 Å². The lowest BCUT2D eigenvalue weighted by Crippen LogP contribution is -2.06. The Morgan fingerprint density at radius 3 is 2.40 bits per heavy atom. The molecule has 0 aliphatic heterocycles. The Balaban J connectivity index is 2.85. The average molecular weight is 225 g/mol. The van der Waals surface area contributed by atoms with Gasteiger partial charge in [-0.3, -0.25) is 0 Å². The molecule has 0 unspecified atom stereocenters. The van der Waals surface area contributed by atoms with Gasteiger partial charge in [0.2, 0.25) is 0 Å². The molecule has 0 saturated heterocycles. The molecule has 0 atom stereocenters. The fourth-order valence-corrected chi connectivity index (χ4v) is 1.52. The molecule has 0 bridgehead atoms. The van der Waals surface area contributed by atoms with E-state index in [0.717, 1.165) is 5.71 Å². The van der Waals surface area contributed by atoms with Gasteiger partial charge in [-0.2, -0.15) is 0 Å². The molecular formula is C12H16FNS. The summed E-state index contributed by atoms with van der Waals surface area (Å²) in [5.41, 5.74) is 1.31. The van der Waals surface area contributed by atoms with E-state index in [1.165, 1.54) is 18.0 Å². The standard InChI is InChI=1S/C12H16FNS/c1-9(14-15-12(2,3)4)10-7-5-6-8-11(10)13/h5-8H,1-4H3. The number of hydrogen-bond donors (Lipinski definition) is 0. The van der Waals surface area contributed by atoms with E-state index in [0.29, 0.717) is 5.56 Å². The molecule has 3 heteroatoms. The smallest absolute Gasteiger partial charge is 0.132 e. The summed E-state index contributed by atoms with van der Waals surface area (Å²) in [5, 5.41) is 0. The van der Waals surface area contributed by atoms with Gasteiger partial charge in [-0.15, -0.1) is 0 Å². The lowest BCUT2D eigenvalue weighted by atomic mass is 10.1. The minimum atomic E-state index is -0.215. The summed E-state index contributed by atoms with van der Waals surface area (Å²) in [6, 6.07) is 6.70. The highest BCUT2D eigenvalue weighted by atomic mass is 32.2. The lowest BCUT2D eigenvalue weighted by molar-refractivity contribution is 0.625. The van der Waals surface area contributed by atoms with E-state index in [4.69, 9.17) is 0 Å². The number of benzene rings is 1. The first-order chi connectivity index (χ1) is 6.90. The normalized spacial score (nSPS) is 13.0. The monoisotopic (exact) mass is 225 g/mol. The van der Waals surface area contributed by atoms with Gasteiger partial charge < -0.3 is 0 Å². The third-order valence-electron chi connectivity index (χ3n) is 1.72. The van der Waals surface area contributed by atoms with Crippen LogP contribution in [-0.4, -0.2) is 10.5 Å². The van der Waals surface area contributed by atoms with Crippen molar-refractivity contribution in [3.8, 4) is 0 Å². The number of nitrogens with zero attached hydrogens (tertiary/aromatic N) is 1. The largest absolute Gasteiger partial charge is 0.220 e. The summed E-state index contributed by atoms with van der Waals surface area (Å²) in [5.74, 6) is -0.215. The minimum Gasteiger partial charge on any atom is -0.220 e. The Hall–Kier alpha value is -0.830. The van der Waals surface area contributed by atoms with Gasteiger partial charge in [0.25, 0.3) is 0 Å².